The van der Waals surface area contributed by atoms with Crippen LogP contribution in [0.2, 0.25) is 0 Å². The molecule has 1 aromatic rings. The first-order valence-electron chi connectivity index (χ1n) is 5.73. The molecule has 0 aliphatic rings. The van der Waals surface area contributed by atoms with Crippen LogP contribution in [0.5, 0.6) is 11.5 Å². The summed E-state index contributed by atoms with van der Waals surface area (Å²) in [5, 5.41) is 8.55. The highest BCUT2D eigenvalue weighted by molar-refractivity contribution is 6.33. The van der Waals surface area contributed by atoms with Crippen molar-refractivity contribution in [2.75, 3.05) is 13.2 Å². The van der Waals surface area contributed by atoms with Gasteiger partial charge in [-0.05, 0) is 31.5 Å². The van der Waals surface area contributed by atoms with Gasteiger partial charge in [0.15, 0.2) is 11.5 Å². The lowest BCUT2D eigenvalue weighted by Crippen LogP contribution is -2.15. The van der Waals surface area contributed by atoms with E-state index in [0.29, 0.717) is 30.3 Å². The van der Waals surface area contributed by atoms with Crippen LogP contribution in [-0.4, -0.2) is 30.1 Å². The summed E-state index contributed by atoms with van der Waals surface area (Å²) in [4.78, 5) is 21.6. The van der Waals surface area contributed by atoms with Crippen molar-refractivity contribution >= 4 is 11.8 Å². The van der Waals surface area contributed by atoms with Crippen molar-refractivity contribution in [3.8, 4) is 11.5 Å². The van der Waals surface area contributed by atoms with Crippen molar-refractivity contribution in [1.82, 2.24) is 0 Å². The molecular weight excluding hydrogens is 236 g/mol. The van der Waals surface area contributed by atoms with Gasteiger partial charge in [-0.15, -0.1) is 0 Å². The van der Waals surface area contributed by atoms with E-state index in [-0.39, 0.29) is 6.42 Å². The molecule has 5 nitrogen and oxygen atoms in total. The van der Waals surface area contributed by atoms with Crippen molar-refractivity contribution in [3.63, 3.8) is 0 Å². The van der Waals surface area contributed by atoms with Crippen LogP contribution in [0.25, 0.3) is 0 Å². The van der Waals surface area contributed by atoms with Crippen LogP contribution in [0.3, 0.4) is 0 Å². The normalized spacial score (nSPS) is 9.89. The first-order chi connectivity index (χ1) is 8.58. The molecule has 0 spiro atoms. The average Bonchev–Trinajstić information content (AvgIpc) is 2.33. The minimum absolute atomic E-state index is 0.151. The number of benzene rings is 1. The fourth-order valence-corrected chi connectivity index (χ4v) is 1.47. The van der Waals surface area contributed by atoms with Crippen molar-refractivity contribution in [2.24, 2.45) is 0 Å². The Labute approximate surface area is 105 Å². The summed E-state index contributed by atoms with van der Waals surface area (Å²) in [6.45, 7) is 4.67. The zero-order valence-electron chi connectivity index (χ0n) is 10.4. The number of carbonyl (C=O) groups excluding carboxylic acids is 1. The van der Waals surface area contributed by atoms with Crippen LogP contribution in [0.15, 0.2) is 18.2 Å². The highest BCUT2D eigenvalue weighted by Crippen LogP contribution is 2.28. The Kier molecular flexibility index (Phi) is 5.17. The minimum atomic E-state index is -1.43. The molecule has 1 aromatic carbocycles. The van der Waals surface area contributed by atoms with Gasteiger partial charge in [0.25, 0.3) is 0 Å². The maximum absolute atomic E-state index is 11.1. The Morgan fingerprint density at radius 3 is 2.28 bits per heavy atom. The fraction of sp³-hybridized carbons (Fsp3) is 0.385. The molecule has 0 unspecified atom stereocenters. The lowest BCUT2D eigenvalue weighted by molar-refractivity contribution is -0.148. The molecule has 0 amide bonds. The molecule has 1 N–H and O–H groups in total. The summed E-state index contributed by atoms with van der Waals surface area (Å²) < 4.78 is 10.8. The number of rotatable bonds is 7. The monoisotopic (exact) mass is 252 g/mol. The first-order valence-corrected chi connectivity index (χ1v) is 5.73. The smallest absolute Gasteiger partial charge is 0.372 e. The number of carboxylic acid groups (broad SMARTS) is 1. The van der Waals surface area contributed by atoms with Crippen LogP contribution < -0.4 is 9.47 Å². The largest absolute Gasteiger partial charge is 0.490 e. The van der Waals surface area contributed by atoms with E-state index >= 15 is 0 Å². The number of Topliss-reactive ketones (excluding diaryl/α,β-unsaturated/α-hetero) is 1. The van der Waals surface area contributed by atoms with E-state index in [4.69, 9.17) is 14.6 Å². The number of aliphatic carboxylic acids is 1. The number of ketones is 1. The third-order valence-corrected chi connectivity index (χ3v) is 2.21. The molecule has 1 rings (SSSR count). The van der Waals surface area contributed by atoms with Crippen molar-refractivity contribution in [2.45, 2.75) is 20.3 Å². The summed E-state index contributed by atoms with van der Waals surface area (Å²) in [5.74, 6) is -1.16. The quantitative estimate of drug-likeness (QED) is 0.747. The van der Waals surface area contributed by atoms with Gasteiger partial charge in [-0.1, -0.05) is 6.07 Å². The lowest BCUT2D eigenvalue weighted by atomic mass is 10.1. The Hall–Kier alpha value is -2.04. The van der Waals surface area contributed by atoms with E-state index in [9.17, 15) is 9.59 Å². The Bertz CT molecular complexity index is 439. The molecule has 98 valence electrons. The summed E-state index contributed by atoms with van der Waals surface area (Å²) in [5.41, 5.74) is 0.592. The highest BCUT2D eigenvalue weighted by atomic mass is 16.5. The van der Waals surface area contributed by atoms with Gasteiger partial charge in [-0.3, -0.25) is 4.79 Å². The summed E-state index contributed by atoms with van der Waals surface area (Å²) in [6.07, 6.45) is -0.151. The van der Waals surface area contributed by atoms with Gasteiger partial charge in [0.2, 0.25) is 5.78 Å². The van der Waals surface area contributed by atoms with Gasteiger partial charge >= 0.3 is 5.97 Å². The van der Waals surface area contributed by atoms with Crippen LogP contribution in [0.4, 0.5) is 0 Å². The standard InChI is InChI=1S/C13H16O5/c1-3-17-11-6-5-9(7-10(14)13(15)16)8-12(11)18-4-2/h5-6,8H,3-4,7H2,1-2H3,(H,15,16). The van der Waals surface area contributed by atoms with Gasteiger partial charge in [0, 0.05) is 6.42 Å². The second-order valence-corrected chi connectivity index (χ2v) is 3.55. The Morgan fingerprint density at radius 1 is 1.11 bits per heavy atom. The van der Waals surface area contributed by atoms with Gasteiger partial charge in [-0.25, -0.2) is 4.79 Å². The SMILES string of the molecule is CCOc1ccc(CC(=O)C(=O)O)cc1OCC. The van der Waals surface area contributed by atoms with Crippen LogP contribution in [0, 0.1) is 0 Å². The van der Waals surface area contributed by atoms with Gasteiger partial charge in [0.1, 0.15) is 0 Å². The number of ether oxygens (including phenoxy) is 2. The van der Waals surface area contributed by atoms with E-state index in [1.807, 2.05) is 13.8 Å². The maximum atomic E-state index is 11.1. The zero-order valence-corrected chi connectivity index (χ0v) is 10.4. The average molecular weight is 252 g/mol. The fourth-order valence-electron chi connectivity index (χ4n) is 1.47. The second kappa shape index (κ2) is 6.64. The van der Waals surface area contributed by atoms with Crippen molar-refractivity contribution < 1.29 is 24.2 Å². The summed E-state index contributed by atoms with van der Waals surface area (Å²) >= 11 is 0. The predicted molar refractivity (Wildman–Crippen MR) is 65.1 cm³/mol. The van der Waals surface area contributed by atoms with Gasteiger partial charge in [-0.2, -0.15) is 0 Å². The third kappa shape index (κ3) is 3.76. The lowest BCUT2D eigenvalue weighted by Gasteiger charge is -2.11. The highest BCUT2D eigenvalue weighted by Gasteiger charge is 2.14. The molecule has 0 aliphatic carbocycles. The third-order valence-electron chi connectivity index (χ3n) is 2.21. The second-order valence-electron chi connectivity index (χ2n) is 3.55. The number of hydrogen-bond donors (Lipinski definition) is 1. The van der Waals surface area contributed by atoms with Crippen LogP contribution in [0.1, 0.15) is 19.4 Å². The summed E-state index contributed by atoms with van der Waals surface area (Å²) in [6, 6.07) is 4.97. The molecule has 0 aromatic heterocycles. The van der Waals surface area contributed by atoms with Crippen LogP contribution in [-0.2, 0) is 16.0 Å². The van der Waals surface area contributed by atoms with Crippen molar-refractivity contribution in [3.05, 3.63) is 23.8 Å². The maximum Gasteiger partial charge on any atom is 0.372 e. The molecule has 0 saturated carbocycles. The van der Waals surface area contributed by atoms with Gasteiger partial charge < -0.3 is 14.6 Å². The first kappa shape index (κ1) is 14.0. The number of hydrogen-bond acceptors (Lipinski definition) is 4. The topological polar surface area (TPSA) is 72.8 Å². The van der Waals surface area contributed by atoms with E-state index in [1.54, 1.807) is 18.2 Å². The molecule has 0 aliphatic heterocycles. The van der Waals surface area contributed by atoms with Crippen LogP contribution >= 0.6 is 0 Å². The summed E-state index contributed by atoms with van der Waals surface area (Å²) in [7, 11) is 0. The van der Waals surface area contributed by atoms with E-state index in [1.165, 1.54) is 0 Å². The van der Waals surface area contributed by atoms with E-state index < -0.39 is 11.8 Å². The van der Waals surface area contributed by atoms with Gasteiger partial charge in [0.05, 0.1) is 13.2 Å². The van der Waals surface area contributed by atoms with Crippen molar-refractivity contribution in [1.29, 1.82) is 0 Å². The molecule has 0 radical (unpaired) electrons. The Morgan fingerprint density at radius 2 is 1.72 bits per heavy atom. The minimum Gasteiger partial charge on any atom is -0.490 e. The number of carboxylic acids is 1. The van der Waals surface area contributed by atoms with E-state index in [2.05, 4.69) is 0 Å². The molecule has 0 fully saturated rings. The molecular formula is C13H16O5. The molecule has 18 heavy (non-hydrogen) atoms. The predicted octanol–water partition coefficient (Wildman–Crippen LogP) is 1.68. The molecule has 0 atom stereocenters. The Balaban J connectivity index is 2.91. The molecule has 0 heterocycles. The number of carbonyl (C=O) groups is 2. The molecule has 0 saturated heterocycles. The molecule has 5 heteroatoms. The zero-order chi connectivity index (χ0) is 13.5. The molecule has 0 bridgehead atoms. The van der Waals surface area contributed by atoms with E-state index in [0.717, 1.165) is 0 Å².